The Labute approximate surface area is 81.7 Å². The van der Waals surface area contributed by atoms with Crippen molar-refractivity contribution in [3.63, 3.8) is 0 Å². The largest absolute Gasteiger partial charge is 0.253 e. The van der Waals surface area contributed by atoms with Crippen molar-refractivity contribution >= 4 is 5.65 Å². The number of hydrogen-bond acceptors (Lipinski definition) is 3. The van der Waals surface area contributed by atoms with Crippen LogP contribution in [0.2, 0.25) is 0 Å². The molecule has 0 fully saturated rings. The third kappa shape index (κ3) is 1.21. The zero-order valence-corrected chi connectivity index (χ0v) is 8.55. The lowest BCUT2D eigenvalue weighted by Crippen LogP contribution is -2.25. The third-order valence-corrected chi connectivity index (χ3v) is 2.02. The van der Waals surface area contributed by atoms with Gasteiger partial charge in [-0.3, -0.25) is 4.99 Å². The van der Waals surface area contributed by atoms with Gasteiger partial charge in [-0.1, -0.05) is 0 Å². The summed E-state index contributed by atoms with van der Waals surface area (Å²) >= 11 is 0. The highest BCUT2D eigenvalue weighted by atomic mass is 15.4. The molecule has 0 saturated carbocycles. The van der Waals surface area contributed by atoms with Gasteiger partial charge in [-0.05, 0) is 26.0 Å². The van der Waals surface area contributed by atoms with Crippen molar-refractivity contribution in [2.45, 2.75) is 19.9 Å². The first kappa shape index (κ1) is 8.93. The van der Waals surface area contributed by atoms with Gasteiger partial charge < -0.3 is 0 Å². The topological polar surface area (TPSA) is 47.5 Å². The maximum absolute atomic E-state index is 4.41. The first-order valence-corrected chi connectivity index (χ1v) is 4.59. The Morgan fingerprint density at radius 2 is 2.21 bits per heavy atom. The zero-order chi connectivity index (χ0) is 10.1. The molecule has 74 valence electrons. The summed E-state index contributed by atoms with van der Waals surface area (Å²) in [6.07, 6.45) is 1.73. The molecule has 0 N–H and O–H groups in total. The lowest BCUT2D eigenvalue weighted by Gasteiger charge is -2.02. The summed E-state index contributed by atoms with van der Waals surface area (Å²) in [6.45, 7) is 4.14. The predicted octanol–water partition coefficient (Wildman–Crippen LogP) is 0.642. The molecule has 0 aliphatic heterocycles. The van der Waals surface area contributed by atoms with E-state index in [1.165, 1.54) is 0 Å². The Bertz CT molecular complexity index is 505. The zero-order valence-electron chi connectivity index (χ0n) is 8.55. The number of hydrogen-bond donors (Lipinski definition) is 0. The summed E-state index contributed by atoms with van der Waals surface area (Å²) < 4.78 is 3.60. The highest BCUT2D eigenvalue weighted by Crippen LogP contribution is 1.99. The van der Waals surface area contributed by atoms with Crippen LogP contribution in [0.25, 0.3) is 5.65 Å². The van der Waals surface area contributed by atoms with Crippen molar-refractivity contribution in [2.24, 2.45) is 4.99 Å². The molecule has 2 aromatic rings. The first-order valence-electron chi connectivity index (χ1n) is 4.59. The summed E-state index contributed by atoms with van der Waals surface area (Å²) in [7, 11) is 1.75. The van der Waals surface area contributed by atoms with Gasteiger partial charge in [0.2, 0.25) is 5.62 Å². The highest BCUT2D eigenvalue weighted by Gasteiger charge is 2.06. The second kappa shape index (κ2) is 3.25. The Balaban J connectivity index is 2.87. The molecule has 0 bridgehead atoms. The molecule has 5 nitrogen and oxygen atoms in total. The van der Waals surface area contributed by atoms with E-state index in [1.54, 1.807) is 17.8 Å². The maximum Gasteiger partial charge on any atom is 0.244 e. The van der Waals surface area contributed by atoms with Gasteiger partial charge in [0.05, 0.1) is 6.04 Å². The molecule has 0 unspecified atom stereocenters. The minimum Gasteiger partial charge on any atom is -0.253 e. The average Bonchev–Trinajstić information content (AvgIpc) is 2.56. The van der Waals surface area contributed by atoms with Crippen LogP contribution in [0.3, 0.4) is 0 Å². The van der Waals surface area contributed by atoms with Crippen LogP contribution < -0.4 is 5.62 Å². The van der Waals surface area contributed by atoms with Crippen molar-refractivity contribution in [3.05, 3.63) is 23.9 Å². The van der Waals surface area contributed by atoms with Crippen LogP contribution in [0.1, 0.15) is 19.9 Å². The van der Waals surface area contributed by atoms with Gasteiger partial charge >= 0.3 is 0 Å². The lowest BCUT2D eigenvalue weighted by molar-refractivity contribution is 0.501. The van der Waals surface area contributed by atoms with Crippen LogP contribution in [0.15, 0.2) is 23.3 Å². The standard InChI is InChI=1S/C9H13N5/c1-7(2)13-9(10-3)14-8(12-13)5-4-6-11-14/h4-7H,1-3H3/b10-9+. The summed E-state index contributed by atoms with van der Waals surface area (Å²) in [5.74, 6) is 0. The lowest BCUT2D eigenvalue weighted by atomic mass is 10.4. The molecule has 2 rings (SSSR count). The Kier molecular flexibility index (Phi) is 2.07. The molecule has 2 aromatic heterocycles. The van der Waals surface area contributed by atoms with Gasteiger partial charge in [-0.25, -0.2) is 4.68 Å². The van der Waals surface area contributed by atoms with E-state index in [9.17, 15) is 0 Å². The van der Waals surface area contributed by atoms with Crippen molar-refractivity contribution in [1.29, 1.82) is 0 Å². The van der Waals surface area contributed by atoms with Crippen LogP contribution in [0.4, 0.5) is 0 Å². The first-order chi connectivity index (χ1) is 6.74. The van der Waals surface area contributed by atoms with E-state index in [4.69, 9.17) is 0 Å². The summed E-state index contributed by atoms with van der Waals surface area (Å²) in [5, 5.41) is 8.60. The summed E-state index contributed by atoms with van der Waals surface area (Å²) in [6, 6.07) is 4.07. The fraction of sp³-hybridized carbons (Fsp3) is 0.444. The van der Waals surface area contributed by atoms with Gasteiger partial charge in [0.1, 0.15) is 0 Å². The highest BCUT2D eigenvalue weighted by molar-refractivity contribution is 5.33. The van der Waals surface area contributed by atoms with Crippen molar-refractivity contribution < 1.29 is 0 Å². The molecular weight excluding hydrogens is 178 g/mol. The van der Waals surface area contributed by atoms with Crippen molar-refractivity contribution in [1.82, 2.24) is 19.4 Å². The van der Waals surface area contributed by atoms with Crippen LogP contribution in [-0.2, 0) is 0 Å². The molecule has 0 aromatic carbocycles. The van der Waals surface area contributed by atoms with E-state index >= 15 is 0 Å². The molecular formula is C9H13N5. The molecule has 0 aliphatic rings. The number of rotatable bonds is 1. The smallest absolute Gasteiger partial charge is 0.244 e. The Morgan fingerprint density at radius 1 is 1.43 bits per heavy atom. The number of nitrogens with zero attached hydrogens (tertiary/aromatic N) is 5. The van der Waals surface area contributed by atoms with E-state index in [0.717, 1.165) is 11.3 Å². The van der Waals surface area contributed by atoms with Crippen molar-refractivity contribution in [3.8, 4) is 0 Å². The molecule has 0 aliphatic carbocycles. The predicted molar refractivity (Wildman–Crippen MR) is 52.8 cm³/mol. The Morgan fingerprint density at radius 3 is 2.86 bits per heavy atom. The van der Waals surface area contributed by atoms with Gasteiger partial charge in [-0.2, -0.15) is 9.61 Å². The minimum atomic E-state index is 0.287. The fourth-order valence-electron chi connectivity index (χ4n) is 1.39. The van der Waals surface area contributed by atoms with E-state index in [1.807, 2.05) is 16.8 Å². The van der Waals surface area contributed by atoms with E-state index in [0.29, 0.717) is 0 Å². The van der Waals surface area contributed by atoms with E-state index in [2.05, 4.69) is 29.0 Å². The van der Waals surface area contributed by atoms with Crippen LogP contribution in [0, 0.1) is 0 Å². The monoisotopic (exact) mass is 191 g/mol. The molecule has 0 spiro atoms. The quantitative estimate of drug-likeness (QED) is 0.664. The van der Waals surface area contributed by atoms with Gasteiger partial charge in [0, 0.05) is 13.2 Å². The maximum atomic E-state index is 4.41. The summed E-state index contributed by atoms with van der Waals surface area (Å²) in [4.78, 5) is 4.18. The number of fused-ring (bicyclic) bond motifs is 1. The van der Waals surface area contributed by atoms with Crippen LogP contribution in [-0.4, -0.2) is 26.4 Å². The SMILES string of the molecule is C/N=c1\n(C(C)C)nc2cccnn12. The molecule has 2 heterocycles. The van der Waals surface area contributed by atoms with Gasteiger partial charge in [-0.15, -0.1) is 5.10 Å². The summed E-state index contributed by atoms with van der Waals surface area (Å²) in [5.41, 5.74) is 1.59. The molecule has 0 amide bonds. The van der Waals surface area contributed by atoms with Crippen molar-refractivity contribution in [2.75, 3.05) is 7.05 Å². The molecule has 0 radical (unpaired) electrons. The second-order valence-corrected chi connectivity index (χ2v) is 3.36. The average molecular weight is 191 g/mol. The van der Waals surface area contributed by atoms with E-state index in [-0.39, 0.29) is 6.04 Å². The van der Waals surface area contributed by atoms with Crippen LogP contribution in [0.5, 0.6) is 0 Å². The number of aromatic nitrogens is 4. The van der Waals surface area contributed by atoms with Crippen LogP contribution >= 0.6 is 0 Å². The third-order valence-electron chi connectivity index (χ3n) is 2.02. The Hall–Kier alpha value is -1.65. The molecule has 0 atom stereocenters. The van der Waals surface area contributed by atoms with Gasteiger partial charge in [0.25, 0.3) is 0 Å². The molecule has 0 saturated heterocycles. The molecule has 14 heavy (non-hydrogen) atoms. The second-order valence-electron chi connectivity index (χ2n) is 3.36. The fourth-order valence-corrected chi connectivity index (χ4v) is 1.39. The minimum absolute atomic E-state index is 0.287. The molecule has 5 heteroatoms. The van der Waals surface area contributed by atoms with E-state index < -0.39 is 0 Å². The normalized spacial score (nSPS) is 13.0. The van der Waals surface area contributed by atoms with Gasteiger partial charge in [0.15, 0.2) is 5.65 Å².